The van der Waals surface area contributed by atoms with Crippen molar-refractivity contribution in [3.05, 3.63) is 60.7 Å². The van der Waals surface area contributed by atoms with Crippen molar-refractivity contribution in [3.8, 4) is 5.75 Å². The number of likely N-dealkylation sites (N-methyl/N-ethyl adjacent to an activating group) is 1. The van der Waals surface area contributed by atoms with Gasteiger partial charge in [-0.05, 0) is 71.4 Å². The molecular formula is C17H17I2NO2. The molecule has 116 valence electrons. The van der Waals surface area contributed by atoms with E-state index in [9.17, 15) is 4.79 Å². The molecule has 0 fully saturated rings. The first-order valence-corrected chi connectivity index (χ1v) is 9.01. The number of rotatable bonds is 6. The number of carbonyl (C=O) groups excluding carboxylic acids is 1. The van der Waals surface area contributed by atoms with E-state index in [1.165, 1.54) is 0 Å². The molecule has 0 aliphatic heterocycles. The zero-order valence-corrected chi connectivity index (χ0v) is 16.8. The van der Waals surface area contributed by atoms with E-state index >= 15 is 0 Å². The van der Waals surface area contributed by atoms with Gasteiger partial charge in [0, 0.05) is 21.2 Å². The maximum Gasteiger partial charge on any atom is 0.194 e. The van der Waals surface area contributed by atoms with Crippen LogP contribution in [0.4, 0.5) is 0 Å². The largest absolute Gasteiger partial charge is 0.491 e. The molecule has 0 bridgehead atoms. The number of carbonyl (C=O) groups is 1. The Morgan fingerprint density at radius 2 is 1.73 bits per heavy atom. The number of hydrogen-bond acceptors (Lipinski definition) is 3. The first kappa shape index (κ1) is 17.7. The number of nitrogens with zero attached hydrogens (tertiary/aromatic N) is 1. The molecule has 5 heteroatoms. The Bertz CT molecular complexity index is 657. The zero-order chi connectivity index (χ0) is 16.1. The summed E-state index contributed by atoms with van der Waals surface area (Å²) in [6.45, 7) is 1.49. The minimum absolute atomic E-state index is 0.0442. The third kappa shape index (κ3) is 4.42. The minimum atomic E-state index is 0.0442. The van der Waals surface area contributed by atoms with E-state index in [0.717, 1.165) is 25.0 Å². The number of ketones is 1. The van der Waals surface area contributed by atoms with Crippen molar-refractivity contribution in [1.82, 2.24) is 4.90 Å². The van der Waals surface area contributed by atoms with Crippen LogP contribution in [0.5, 0.6) is 5.75 Å². The lowest BCUT2D eigenvalue weighted by molar-refractivity contribution is 0.103. The van der Waals surface area contributed by atoms with Gasteiger partial charge in [0.1, 0.15) is 12.4 Å². The molecule has 0 saturated carbocycles. The molecule has 0 heterocycles. The van der Waals surface area contributed by atoms with Crippen molar-refractivity contribution in [1.29, 1.82) is 0 Å². The van der Waals surface area contributed by atoms with Crippen LogP contribution in [0.1, 0.15) is 15.9 Å². The van der Waals surface area contributed by atoms with Gasteiger partial charge in [-0.3, -0.25) is 4.79 Å². The average molecular weight is 521 g/mol. The van der Waals surface area contributed by atoms with E-state index in [2.05, 4.69) is 50.1 Å². The van der Waals surface area contributed by atoms with Gasteiger partial charge in [-0.1, -0.05) is 30.3 Å². The van der Waals surface area contributed by atoms with Gasteiger partial charge in [-0.15, -0.1) is 0 Å². The molecule has 0 saturated heterocycles. The highest BCUT2D eigenvalue weighted by Crippen LogP contribution is 2.30. The van der Waals surface area contributed by atoms with Gasteiger partial charge < -0.3 is 9.64 Å². The predicted octanol–water partition coefficient (Wildman–Crippen LogP) is 4.07. The molecule has 2 rings (SSSR count). The monoisotopic (exact) mass is 521 g/mol. The molecule has 0 atom stereocenters. The van der Waals surface area contributed by atoms with Crippen LogP contribution in [0, 0.1) is 7.14 Å². The van der Waals surface area contributed by atoms with Gasteiger partial charge in [-0.25, -0.2) is 0 Å². The number of benzene rings is 2. The Morgan fingerprint density at radius 1 is 1.05 bits per heavy atom. The highest BCUT2D eigenvalue weighted by molar-refractivity contribution is 14.1. The number of ether oxygens (including phenoxy) is 1. The fraction of sp³-hybridized carbons (Fsp3) is 0.235. The highest BCUT2D eigenvalue weighted by Gasteiger charge is 2.17. The molecule has 0 N–H and O–H groups in total. The van der Waals surface area contributed by atoms with Crippen LogP contribution in [0.15, 0.2) is 42.5 Å². The smallest absolute Gasteiger partial charge is 0.194 e. The first-order valence-electron chi connectivity index (χ1n) is 6.86. The van der Waals surface area contributed by atoms with Gasteiger partial charge >= 0.3 is 0 Å². The molecule has 0 aliphatic carbocycles. The van der Waals surface area contributed by atoms with Crippen molar-refractivity contribution >= 4 is 51.0 Å². The Labute approximate surface area is 158 Å². The lowest BCUT2D eigenvalue weighted by Gasteiger charge is -2.14. The molecule has 2 aromatic carbocycles. The SMILES string of the molecule is CN(C)CCOc1ccc(C(=O)c2ccccc2)c(I)c1I. The summed E-state index contributed by atoms with van der Waals surface area (Å²) in [5.41, 5.74) is 1.42. The Kier molecular flexibility index (Phi) is 6.64. The molecule has 0 spiro atoms. The van der Waals surface area contributed by atoms with Crippen LogP contribution >= 0.6 is 45.2 Å². The summed E-state index contributed by atoms with van der Waals surface area (Å²) < 4.78 is 7.73. The standard InChI is InChI=1S/C17H17I2NO2/c1-20(2)10-11-22-14-9-8-13(15(18)16(14)19)17(21)12-6-4-3-5-7-12/h3-9H,10-11H2,1-2H3. The summed E-state index contributed by atoms with van der Waals surface area (Å²) in [6.07, 6.45) is 0. The molecule has 0 unspecified atom stereocenters. The van der Waals surface area contributed by atoms with Gasteiger partial charge in [-0.2, -0.15) is 0 Å². The predicted molar refractivity (Wildman–Crippen MR) is 106 cm³/mol. The van der Waals surface area contributed by atoms with E-state index in [4.69, 9.17) is 4.74 Å². The summed E-state index contributed by atoms with van der Waals surface area (Å²) in [5, 5.41) is 0. The van der Waals surface area contributed by atoms with E-state index in [1.54, 1.807) is 0 Å². The van der Waals surface area contributed by atoms with E-state index < -0.39 is 0 Å². The molecule has 0 aliphatic rings. The first-order chi connectivity index (χ1) is 10.5. The van der Waals surface area contributed by atoms with Crippen molar-refractivity contribution in [2.75, 3.05) is 27.2 Å². The molecule has 0 aromatic heterocycles. The Hall–Kier alpha value is -0.670. The average Bonchev–Trinajstić information content (AvgIpc) is 2.51. The topological polar surface area (TPSA) is 29.5 Å². The van der Waals surface area contributed by atoms with Crippen molar-refractivity contribution in [3.63, 3.8) is 0 Å². The van der Waals surface area contributed by atoms with Crippen molar-refractivity contribution in [2.24, 2.45) is 0 Å². The molecular weight excluding hydrogens is 504 g/mol. The van der Waals surface area contributed by atoms with E-state index in [1.807, 2.05) is 56.6 Å². The summed E-state index contributed by atoms with van der Waals surface area (Å²) in [6, 6.07) is 13.1. The zero-order valence-electron chi connectivity index (χ0n) is 12.5. The highest BCUT2D eigenvalue weighted by atomic mass is 127. The van der Waals surface area contributed by atoms with E-state index in [0.29, 0.717) is 12.2 Å². The van der Waals surface area contributed by atoms with Gasteiger partial charge in [0.15, 0.2) is 5.78 Å². The molecule has 22 heavy (non-hydrogen) atoms. The van der Waals surface area contributed by atoms with Gasteiger partial charge in [0.2, 0.25) is 0 Å². The summed E-state index contributed by atoms with van der Waals surface area (Å²) in [7, 11) is 4.03. The maximum atomic E-state index is 12.6. The van der Waals surface area contributed by atoms with Gasteiger partial charge in [0.25, 0.3) is 0 Å². The summed E-state index contributed by atoms with van der Waals surface area (Å²) in [4.78, 5) is 14.7. The van der Waals surface area contributed by atoms with Crippen LogP contribution < -0.4 is 4.74 Å². The number of halogens is 2. The molecule has 0 radical (unpaired) electrons. The third-order valence-electron chi connectivity index (χ3n) is 3.12. The second-order valence-electron chi connectivity index (χ2n) is 5.09. The minimum Gasteiger partial charge on any atom is -0.491 e. The summed E-state index contributed by atoms with van der Waals surface area (Å²) in [5.74, 6) is 0.874. The van der Waals surface area contributed by atoms with Crippen LogP contribution in [-0.4, -0.2) is 37.9 Å². The van der Waals surface area contributed by atoms with Crippen LogP contribution in [0.3, 0.4) is 0 Å². The van der Waals surface area contributed by atoms with Crippen LogP contribution in [0.2, 0.25) is 0 Å². The third-order valence-corrected chi connectivity index (χ3v) is 6.35. The normalized spacial score (nSPS) is 10.8. The second-order valence-corrected chi connectivity index (χ2v) is 7.24. The van der Waals surface area contributed by atoms with Crippen LogP contribution in [0.25, 0.3) is 0 Å². The van der Waals surface area contributed by atoms with Gasteiger partial charge in [0.05, 0.1) is 3.57 Å². The quantitative estimate of drug-likeness (QED) is 0.425. The molecule has 2 aromatic rings. The molecule has 3 nitrogen and oxygen atoms in total. The fourth-order valence-electron chi connectivity index (χ4n) is 1.90. The van der Waals surface area contributed by atoms with Crippen LogP contribution in [-0.2, 0) is 0 Å². The van der Waals surface area contributed by atoms with E-state index in [-0.39, 0.29) is 5.78 Å². The van der Waals surface area contributed by atoms with Crippen molar-refractivity contribution in [2.45, 2.75) is 0 Å². The molecule has 0 amide bonds. The Morgan fingerprint density at radius 3 is 2.36 bits per heavy atom. The number of hydrogen-bond donors (Lipinski definition) is 0. The summed E-state index contributed by atoms with van der Waals surface area (Å²) >= 11 is 4.46. The maximum absolute atomic E-state index is 12.6. The Balaban J connectivity index is 2.21. The fourth-order valence-corrected chi connectivity index (χ4v) is 3.22. The lowest BCUT2D eigenvalue weighted by atomic mass is 10.0. The lowest BCUT2D eigenvalue weighted by Crippen LogP contribution is -2.19. The second kappa shape index (κ2) is 8.26. The van der Waals surface area contributed by atoms with Crippen molar-refractivity contribution < 1.29 is 9.53 Å².